The van der Waals surface area contributed by atoms with E-state index in [0.717, 1.165) is 6.07 Å². The van der Waals surface area contributed by atoms with E-state index in [9.17, 15) is 8.78 Å². The largest absolute Gasteiger partial charge is 0.452 e. The number of hydrogen-bond acceptors (Lipinski definition) is 5. The summed E-state index contributed by atoms with van der Waals surface area (Å²) in [5.41, 5.74) is 9.32. The predicted octanol–water partition coefficient (Wildman–Crippen LogP) is 6.19. The number of nitrogens with two attached hydrogens (primary N) is 1. The first-order chi connectivity index (χ1) is 18.4. The van der Waals surface area contributed by atoms with E-state index in [1.807, 2.05) is 0 Å². The molecule has 4 heterocycles. The van der Waals surface area contributed by atoms with Gasteiger partial charge in [0, 0.05) is 52.2 Å². The molecule has 3 N–H and O–H groups in total. The van der Waals surface area contributed by atoms with Gasteiger partial charge in [-0.1, -0.05) is 30.3 Å². The van der Waals surface area contributed by atoms with Gasteiger partial charge in [-0.15, -0.1) is 0 Å². The van der Waals surface area contributed by atoms with Crippen LogP contribution in [-0.4, -0.2) is 20.8 Å². The number of nitrogen functional groups attached to an aromatic ring is 1. The standard InChI is InChI=1S/C29H18F3N5O/c30-24-13-16(9-11-35-24)22-14-21-25(18-4-1-2-5-19(18)29(33)34)20-12-15(17-6-3-10-36-27(17)31)7-8-23(20)38-26(21)28(32)37-22/h1-14,25H,(H3,33,34)/t25-/m1/s1. The van der Waals surface area contributed by atoms with Crippen LogP contribution in [0.5, 0.6) is 11.5 Å². The Labute approximate surface area is 215 Å². The number of pyridine rings is 3. The van der Waals surface area contributed by atoms with Crippen LogP contribution in [0.2, 0.25) is 0 Å². The van der Waals surface area contributed by atoms with E-state index in [1.165, 1.54) is 18.5 Å². The average molecular weight is 509 g/mol. The summed E-state index contributed by atoms with van der Waals surface area (Å²) in [5, 5.41) is 8.16. The van der Waals surface area contributed by atoms with Crippen molar-refractivity contribution >= 4 is 5.84 Å². The van der Waals surface area contributed by atoms with Crippen LogP contribution in [0.25, 0.3) is 22.4 Å². The molecule has 1 aliphatic rings. The number of benzene rings is 2. The van der Waals surface area contributed by atoms with Gasteiger partial charge >= 0.3 is 0 Å². The van der Waals surface area contributed by atoms with Crippen LogP contribution < -0.4 is 10.5 Å². The highest BCUT2D eigenvalue weighted by atomic mass is 19.1. The van der Waals surface area contributed by atoms with Crippen molar-refractivity contribution in [2.24, 2.45) is 5.73 Å². The molecule has 0 bridgehead atoms. The zero-order chi connectivity index (χ0) is 26.4. The normalized spacial score (nSPS) is 13.8. The average Bonchev–Trinajstić information content (AvgIpc) is 2.92. The number of halogens is 3. The minimum Gasteiger partial charge on any atom is -0.452 e. The Morgan fingerprint density at radius 3 is 2.42 bits per heavy atom. The fraction of sp³-hybridized carbons (Fsp3) is 0.0345. The summed E-state index contributed by atoms with van der Waals surface area (Å²) in [6.07, 6.45) is 2.63. The molecule has 2 aromatic carbocycles. The maximum absolute atomic E-state index is 15.5. The van der Waals surface area contributed by atoms with Gasteiger partial charge in [-0.2, -0.15) is 13.2 Å². The smallest absolute Gasteiger partial charge is 0.256 e. The first-order valence-corrected chi connectivity index (χ1v) is 11.6. The van der Waals surface area contributed by atoms with Crippen molar-refractivity contribution in [2.75, 3.05) is 0 Å². The predicted molar refractivity (Wildman–Crippen MR) is 135 cm³/mol. The van der Waals surface area contributed by atoms with Crippen LogP contribution in [-0.2, 0) is 0 Å². The molecular weight excluding hydrogens is 491 g/mol. The molecule has 0 saturated carbocycles. The van der Waals surface area contributed by atoms with Gasteiger partial charge in [0.2, 0.25) is 11.9 Å². The molecular formula is C29H18F3N5O. The second-order valence-corrected chi connectivity index (χ2v) is 8.71. The molecule has 3 aromatic heterocycles. The molecule has 5 aromatic rings. The number of ether oxygens (including phenoxy) is 1. The van der Waals surface area contributed by atoms with E-state index in [0.29, 0.717) is 39.1 Å². The summed E-state index contributed by atoms with van der Waals surface area (Å²) >= 11 is 0. The quantitative estimate of drug-likeness (QED) is 0.168. The van der Waals surface area contributed by atoms with Crippen LogP contribution in [0, 0.1) is 23.3 Å². The topological polar surface area (TPSA) is 97.8 Å². The molecule has 0 aliphatic carbocycles. The van der Waals surface area contributed by atoms with Gasteiger partial charge < -0.3 is 10.5 Å². The van der Waals surface area contributed by atoms with E-state index < -0.39 is 23.8 Å². The van der Waals surface area contributed by atoms with Gasteiger partial charge in [0.25, 0.3) is 5.95 Å². The third-order valence-corrected chi connectivity index (χ3v) is 6.46. The summed E-state index contributed by atoms with van der Waals surface area (Å²) in [6, 6.07) is 19.6. The number of aromatic nitrogens is 3. The molecule has 186 valence electrons. The molecule has 0 unspecified atom stereocenters. The lowest BCUT2D eigenvalue weighted by molar-refractivity contribution is 0.406. The van der Waals surface area contributed by atoms with Crippen LogP contribution in [0.15, 0.2) is 85.2 Å². The minimum atomic E-state index is -0.881. The highest BCUT2D eigenvalue weighted by Gasteiger charge is 2.34. The molecule has 0 fully saturated rings. The maximum Gasteiger partial charge on any atom is 0.256 e. The zero-order valence-corrected chi connectivity index (χ0v) is 19.6. The van der Waals surface area contributed by atoms with E-state index in [4.69, 9.17) is 15.9 Å². The lowest BCUT2D eigenvalue weighted by Gasteiger charge is -2.30. The van der Waals surface area contributed by atoms with E-state index in [1.54, 1.807) is 60.7 Å². The lowest BCUT2D eigenvalue weighted by atomic mass is 9.79. The summed E-state index contributed by atoms with van der Waals surface area (Å²) in [4.78, 5) is 11.3. The Kier molecular flexibility index (Phi) is 5.60. The molecule has 9 heteroatoms. The number of rotatable bonds is 4. The third kappa shape index (κ3) is 3.94. The fourth-order valence-electron chi connectivity index (χ4n) is 4.79. The summed E-state index contributed by atoms with van der Waals surface area (Å²) in [5.74, 6) is -2.84. The summed E-state index contributed by atoms with van der Waals surface area (Å²) in [7, 11) is 0. The van der Waals surface area contributed by atoms with Gasteiger partial charge in [0.1, 0.15) is 11.6 Å². The number of fused-ring (bicyclic) bond motifs is 2. The number of amidine groups is 1. The number of nitrogens with one attached hydrogen (secondary N) is 1. The van der Waals surface area contributed by atoms with Gasteiger partial charge in [0.05, 0.1) is 5.69 Å². The van der Waals surface area contributed by atoms with Crippen molar-refractivity contribution in [3.63, 3.8) is 0 Å². The summed E-state index contributed by atoms with van der Waals surface area (Å²) in [6.45, 7) is 0. The van der Waals surface area contributed by atoms with Crippen LogP contribution in [0.3, 0.4) is 0 Å². The molecule has 0 radical (unpaired) electrons. The van der Waals surface area contributed by atoms with Crippen molar-refractivity contribution in [3.05, 3.63) is 125 Å². The monoisotopic (exact) mass is 509 g/mol. The molecule has 1 aliphatic heterocycles. The minimum absolute atomic E-state index is 0.0977. The van der Waals surface area contributed by atoms with Crippen molar-refractivity contribution in [1.29, 1.82) is 5.41 Å². The second kappa shape index (κ2) is 9.11. The Balaban J connectivity index is 1.63. The zero-order valence-electron chi connectivity index (χ0n) is 19.6. The Morgan fingerprint density at radius 1 is 0.789 bits per heavy atom. The van der Waals surface area contributed by atoms with Gasteiger partial charge in [0.15, 0.2) is 5.75 Å². The van der Waals surface area contributed by atoms with Gasteiger partial charge in [-0.25, -0.2) is 15.0 Å². The maximum atomic E-state index is 15.5. The van der Waals surface area contributed by atoms with Crippen molar-refractivity contribution in [2.45, 2.75) is 5.92 Å². The Morgan fingerprint density at radius 2 is 1.63 bits per heavy atom. The lowest BCUT2D eigenvalue weighted by Crippen LogP contribution is -2.20. The van der Waals surface area contributed by atoms with Crippen LogP contribution in [0.1, 0.15) is 28.2 Å². The Hall–Kier alpha value is -5.05. The highest BCUT2D eigenvalue weighted by Crippen LogP contribution is 2.50. The molecule has 38 heavy (non-hydrogen) atoms. The first kappa shape index (κ1) is 23.4. The van der Waals surface area contributed by atoms with E-state index >= 15 is 4.39 Å². The number of nitrogens with zero attached hydrogens (tertiary/aromatic N) is 3. The Bertz CT molecular complexity index is 1740. The van der Waals surface area contributed by atoms with Crippen molar-refractivity contribution in [3.8, 4) is 33.9 Å². The van der Waals surface area contributed by atoms with Crippen molar-refractivity contribution in [1.82, 2.24) is 15.0 Å². The molecule has 1 atom stereocenters. The fourth-order valence-corrected chi connectivity index (χ4v) is 4.79. The van der Waals surface area contributed by atoms with E-state index in [2.05, 4.69) is 15.0 Å². The van der Waals surface area contributed by atoms with Gasteiger partial charge in [-0.05, 0) is 47.5 Å². The molecule has 0 spiro atoms. The van der Waals surface area contributed by atoms with E-state index in [-0.39, 0.29) is 22.8 Å². The molecule has 0 saturated heterocycles. The van der Waals surface area contributed by atoms with Crippen LogP contribution >= 0.6 is 0 Å². The highest BCUT2D eigenvalue weighted by molar-refractivity contribution is 5.97. The third-order valence-electron chi connectivity index (χ3n) is 6.46. The molecule has 6 rings (SSSR count). The summed E-state index contributed by atoms with van der Waals surface area (Å²) < 4.78 is 49.9. The van der Waals surface area contributed by atoms with Crippen LogP contribution in [0.4, 0.5) is 13.2 Å². The molecule has 6 nitrogen and oxygen atoms in total. The SMILES string of the molecule is N=C(N)c1ccccc1[C@@H]1c2cc(-c3cccnc3F)ccc2Oc2c1cc(-c1ccnc(F)c1)nc2F. The first-order valence-electron chi connectivity index (χ1n) is 11.6. The second-order valence-electron chi connectivity index (χ2n) is 8.71. The number of hydrogen-bond donors (Lipinski definition) is 2. The molecule has 0 amide bonds. The van der Waals surface area contributed by atoms with Gasteiger partial charge in [-0.3, -0.25) is 5.41 Å². The van der Waals surface area contributed by atoms with Crippen molar-refractivity contribution < 1.29 is 17.9 Å².